The van der Waals surface area contributed by atoms with Crippen LogP contribution in [0, 0.1) is 5.41 Å². The first-order valence-corrected chi connectivity index (χ1v) is 15.9. The second kappa shape index (κ2) is 17.2. The highest BCUT2D eigenvalue weighted by Crippen LogP contribution is 2.30. The van der Waals surface area contributed by atoms with Gasteiger partial charge in [-0.2, -0.15) is 0 Å². The van der Waals surface area contributed by atoms with Crippen LogP contribution in [0.25, 0.3) is 6.08 Å². The molecule has 2 aliphatic rings. The van der Waals surface area contributed by atoms with E-state index in [0.717, 1.165) is 44.4 Å². The molecule has 46 heavy (non-hydrogen) atoms. The van der Waals surface area contributed by atoms with E-state index >= 15 is 4.39 Å². The van der Waals surface area contributed by atoms with Gasteiger partial charge in [0.2, 0.25) is 10.0 Å². The van der Waals surface area contributed by atoms with Gasteiger partial charge in [0.25, 0.3) is 5.91 Å². The number of nitrogens with zero attached hydrogens (tertiary/aromatic N) is 3. The zero-order valence-corrected chi connectivity index (χ0v) is 27.8. The Kier molecular flexibility index (Phi) is 14.3. The number of hydrogen-bond donors (Lipinski definition) is 3. The molecule has 1 fully saturated rings. The van der Waals surface area contributed by atoms with Crippen molar-refractivity contribution in [3.8, 4) is 5.75 Å². The van der Waals surface area contributed by atoms with Gasteiger partial charge in [-0.05, 0) is 49.2 Å². The van der Waals surface area contributed by atoms with Crippen LogP contribution < -0.4 is 20.5 Å². The molecule has 0 atom stereocenters. The zero-order valence-electron chi connectivity index (χ0n) is 25.3. The normalized spacial score (nSPS) is 15.2. The number of amidine groups is 2. The first-order chi connectivity index (χ1) is 21.0. The summed E-state index contributed by atoms with van der Waals surface area (Å²) in [6.45, 7) is 3.05. The third kappa shape index (κ3) is 10.1. The highest BCUT2D eigenvalue weighted by molar-refractivity contribution is 7.93. The number of anilines is 1. The number of rotatable bonds is 12. The number of nitrogen functional groups attached to an aromatic ring is 1. The molecule has 0 aliphatic carbocycles. The highest BCUT2D eigenvalue weighted by atomic mass is 35.5. The van der Waals surface area contributed by atoms with E-state index in [2.05, 4.69) is 9.89 Å². The minimum atomic E-state index is -4.49. The van der Waals surface area contributed by atoms with Crippen molar-refractivity contribution in [2.75, 3.05) is 42.8 Å². The van der Waals surface area contributed by atoms with Gasteiger partial charge >= 0.3 is 5.97 Å². The molecule has 0 bridgehead atoms. The SMILES string of the molecule is CCOC(=O)CS(=O)(=O)N(C/C(F)=C\c1cccc(C(=N)N)c1)c1ccc(OC2CCN(C3=NCCC3)CC2)c(C(N)=O)c1.Cl.Cl. The second-order valence-corrected chi connectivity index (χ2v) is 12.3. The molecule has 16 heteroatoms. The molecule has 0 spiro atoms. The van der Waals surface area contributed by atoms with Gasteiger partial charge in [-0.3, -0.25) is 24.3 Å². The third-order valence-corrected chi connectivity index (χ3v) is 8.84. The Morgan fingerprint density at radius 3 is 2.48 bits per heavy atom. The Balaban J connectivity index is 0.00000368. The van der Waals surface area contributed by atoms with E-state index in [1.54, 1.807) is 18.2 Å². The lowest BCUT2D eigenvalue weighted by molar-refractivity contribution is -0.139. The Morgan fingerprint density at radius 2 is 1.87 bits per heavy atom. The number of nitrogens with one attached hydrogen (secondary N) is 1. The zero-order chi connectivity index (χ0) is 31.9. The third-order valence-electron chi connectivity index (χ3n) is 7.23. The maximum absolute atomic E-state index is 15.4. The number of ether oxygens (including phenoxy) is 2. The van der Waals surface area contributed by atoms with Crippen LogP contribution in [0.3, 0.4) is 0 Å². The second-order valence-electron chi connectivity index (χ2n) is 10.4. The standard InChI is InChI=1S/C30H37FN6O6S.2ClH/c1-2-42-28(38)19-44(40,41)37(18-22(31)16-20-5-3-6-21(15-20)29(32)33)23-8-9-26(25(17-23)30(34)39)43-24-10-13-36(14-11-24)27-7-4-12-35-27;;/h3,5-6,8-9,15-17,24H,2,4,7,10-14,18-19H2,1H3,(H3,32,33)(H2,34,39);2*1H/b22-16+;;. The number of carbonyl (C=O) groups is 2. The predicted octanol–water partition coefficient (Wildman–Crippen LogP) is 3.66. The smallest absolute Gasteiger partial charge is 0.323 e. The average Bonchev–Trinajstić information content (AvgIpc) is 3.52. The van der Waals surface area contributed by atoms with Gasteiger partial charge in [0.1, 0.15) is 23.5 Å². The molecular weight excluding hydrogens is 662 g/mol. The molecule has 2 aliphatic heterocycles. The predicted molar refractivity (Wildman–Crippen MR) is 181 cm³/mol. The molecule has 2 heterocycles. The van der Waals surface area contributed by atoms with Gasteiger partial charge in [-0.25, -0.2) is 12.8 Å². The van der Waals surface area contributed by atoms with E-state index in [1.165, 1.54) is 31.2 Å². The number of nitrogens with two attached hydrogens (primary N) is 2. The summed E-state index contributed by atoms with van der Waals surface area (Å²) < 4.78 is 53.8. The quantitative estimate of drug-likeness (QED) is 0.170. The molecule has 12 nitrogen and oxygen atoms in total. The monoisotopic (exact) mass is 700 g/mol. The molecule has 2 aromatic carbocycles. The molecule has 0 saturated carbocycles. The Morgan fingerprint density at radius 1 is 1.15 bits per heavy atom. The van der Waals surface area contributed by atoms with Crippen molar-refractivity contribution in [2.45, 2.75) is 38.7 Å². The van der Waals surface area contributed by atoms with Crippen molar-refractivity contribution < 1.29 is 31.9 Å². The summed E-state index contributed by atoms with van der Waals surface area (Å²) in [6.07, 6.45) is 4.30. The van der Waals surface area contributed by atoms with Crippen molar-refractivity contribution in [2.24, 2.45) is 16.5 Å². The summed E-state index contributed by atoms with van der Waals surface area (Å²) >= 11 is 0. The summed E-state index contributed by atoms with van der Waals surface area (Å²) in [6, 6.07) is 10.2. The molecule has 4 rings (SSSR count). The number of benzene rings is 2. The van der Waals surface area contributed by atoms with E-state index in [1.807, 2.05) is 0 Å². The minimum absolute atomic E-state index is 0. The summed E-state index contributed by atoms with van der Waals surface area (Å²) in [5.74, 6) is -2.73. The number of amides is 1. The molecule has 2 aromatic rings. The molecular formula is C30H39Cl2FN6O6S. The summed E-state index contributed by atoms with van der Waals surface area (Å²) in [5, 5.41) is 7.60. The number of sulfonamides is 1. The van der Waals surface area contributed by atoms with Crippen LogP contribution in [0.4, 0.5) is 10.1 Å². The Bertz CT molecular complexity index is 1580. The van der Waals surface area contributed by atoms with Crippen molar-refractivity contribution >= 4 is 70.1 Å². The molecule has 0 aromatic heterocycles. The van der Waals surface area contributed by atoms with Crippen LogP contribution in [0.1, 0.15) is 54.1 Å². The first kappa shape index (κ1) is 38.3. The van der Waals surface area contributed by atoms with E-state index < -0.39 is 40.0 Å². The van der Waals surface area contributed by atoms with E-state index in [-0.39, 0.29) is 60.4 Å². The van der Waals surface area contributed by atoms with Gasteiger partial charge in [-0.1, -0.05) is 18.2 Å². The van der Waals surface area contributed by atoms with Gasteiger partial charge in [0.05, 0.1) is 30.2 Å². The molecule has 1 amide bonds. The van der Waals surface area contributed by atoms with Crippen LogP contribution in [0.5, 0.6) is 5.75 Å². The molecule has 0 unspecified atom stereocenters. The fourth-order valence-corrected chi connectivity index (χ4v) is 6.39. The van der Waals surface area contributed by atoms with Crippen molar-refractivity contribution in [3.63, 3.8) is 0 Å². The number of esters is 1. The van der Waals surface area contributed by atoms with E-state index in [4.69, 9.17) is 26.4 Å². The van der Waals surface area contributed by atoms with E-state index in [9.17, 15) is 18.0 Å². The van der Waals surface area contributed by atoms with Crippen LogP contribution >= 0.6 is 24.8 Å². The van der Waals surface area contributed by atoms with Gasteiger partial charge in [0.15, 0.2) is 5.75 Å². The van der Waals surface area contributed by atoms with E-state index in [0.29, 0.717) is 28.3 Å². The van der Waals surface area contributed by atoms with Crippen LogP contribution in [-0.2, 0) is 19.6 Å². The van der Waals surface area contributed by atoms with Crippen LogP contribution in [0.15, 0.2) is 53.3 Å². The number of likely N-dealkylation sites (tertiary alicyclic amines) is 1. The fourth-order valence-electron chi connectivity index (χ4n) is 5.10. The number of halogens is 3. The number of primary amides is 1. The fraction of sp³-hybridized carbons (Fsp3) is 0.400. The van der Waals surface area contributed by atoms with Crippen molar-refractivity contribution in [1.29, 1.82) is 5.41 Å². The highest BCUT2D eigenvalue weighted by Gasteiger charge is 2.30. The number of aliphatic imine (C=N–C) groups is 1. The molecule has 252 valence electrons. The lowest BCUT2D eigenvalue weighted by Crippen LogP contribution is -2.41. The van der Waals surface area contributed by atoms with Crippen molar-refractivity contribution in [3.05, 3.63) is 65.0 Å². The minimum Gasteiger partial charge on any atom is -0.489 e. The first-order valence-electron chi connectivity index (χ1n) is 14.3. The molecule has 1 saturated heterocycles. The van der Waals surface area contributed by atoms with Gasteiger partial charge < -0.3 is 25.8 Å². The topological polar surface area (TPSA) is 181 Å². The van der Waals surface area contributed by atoms with Gasteiger partial charge in [0, 0.05) is 44.5 Å². The largest absolute Gasteiger partial charge is 0.489 e. The maximum Gasteiger partial charge on any atom is 0.323 e. The molecule has 0 radical (unpaired) electrons. The molecule has 5 N–H and O–H groups in total. The lowest BCUT2D eigenvalue weighted by atomic mass is 10.1. The van der Waals surface area contributed by atoms with Crippen molar-refractivity contribution in [1.82, 2.24) is 4.90 Å². The van der Waals surface area contributed by atoms with Crippen LogP contribution in [0.2, 0.25) is 0 Å². The van der Waals surface area contributed by atoms with Gasteiger partial charge in [-0.15, -0.1) is 24.8 Å². The maximum atomic E-state index is 15.4. The number of hydrogen-bond acceptors (Lipinski definition) is 9. The summed E-state index contributed by atoms with van der Waals surface area (Å²) in [7, 11) is -4.49. The number of carbonyl (C=O) groups excluding carboxylic acids is 2. The Hall–Kier alpha value is -3.88. The Labute approximate surface area is 280 Å². The average molecular weight is 702 g/mol. The number of piperidine rings is 1. The van der Waals surface area contributed by atoms with Crippen LogP contribution in [-0.4, -0.2) is 81.5 Å². The lowest BCUT2D eigenvalue weighted by Gasteiger charge is -2.34. The summed E-state index contributed by atoms with van der Waals surface area (Å²) in [4.78, 5) is 31.4. The summed E-state index contributed by atoms with van der Waals surface area (Å²) in [5.41, 5.74) is 11.7.